The molecule has 0 atom stereocenters. The summed E-state index contributed by atoms with van der Waals surface area (Å²) in [5.74, 6) is 0.856. The van der Waals surface area contributed by atoms with E-state index in [1.54, 1.807) is 7.11 Å². The highest BCUT2D eigenvalue weighted by molar-refractivity contribution is 9.10. The molecule has 0 heterocycles. The van der Waals surface area contributed by atoms with E-state index in [9.17, 15) is 0 Å². The van der Waals surface area contributed by atoms with E-state index >= 15 is 0 Å². The molecule has 0 saturated heterocycles. The second kappa shape index (κ2) is 5.85. The van der Waals surface area contributed by atoms with E-state index in [-0.39, 0.29) is 5.54 Å². The summed E-state index contributed by atoms with van der Waals surface area (Å²) in [5, 5.41) is 0. The minimum atomic E-state index is 0.00635. The van der Waals surface area contributed by atoms with Crippen LogP contribution in [0.3, 0.4) is 0 Å². The molecular weight excluding hydrogens is 280 g/mol. The van der Waals surface area contributed by atoms with Crippen LogP contribution >= 0.6 is 15.9 Å². The molecule has 0 aliphatic carbocycles. The maximum atomic E-state index is 5.77. The van der Waals surface area contributed by atoms with Gasteiger partial charge in [-0.1, -0.05) is 6.07 Å². The van der Waals surface area contributed by atoms with Crippen LogP contribution < -0.4 is 10.5 Å². The molecule has 0 radical (unpaired) electrons. The van der Waals surface area contributed by atoms with Gasteiger partial charge in [-0.3, -0.25) is 4.90 Å². The molecule has 0 saturated carbocycles. The van der Waals surface area contributed by atoms with E-state index in [0.29, 0.717) is 6.54 Å². The van der Waals surface area contributed by atoms with E-state index in [1.807, 2.05) is 6.07 Å². The number of nitrogens with zero attached hydrogens (tertiary/aromatic N) is 1. The van der Waals surface area contributed by atoms with Crippen LogP contribution in [0, 0.1) is 0 Å². The average Bonchev–Trinajstić information content (AvgIpc) is 2.29. The second-order valence-corrected chi connectivity index (χ2v) is 5.70. The summed E-state index contributed by atoms with van der Waals surface area (Å²) in [6, 6.07) is 6.14. The molecule has 0 aliphatic rings. The second-order valence-electron chi connectivity index (χ2n) is 4.84. The van der Waals surface area contributed by atoms with Crippen LogP contribution in [0.1, 0.15) is 19.4 Å². The Kier molecular flexibility index (Phi) is 4.98. The molecule has 4 heteroatoms. The Bertz CT molecular complexity index is 380. The molecular formula is C13H21BrN2O. The van der Waals surface area contributed by atoms with Gasteiger partial charge in [0.2, 0.25) is 0 Å². The van der Waals surface area contributed by atoms with Crippen LogP contribution in [0.15, 0.2) is 22.7 Å². The Morgan fingerprint density at radius 2 is 2.06 bits per heavy atom. The summed E-state index contributed by atoms with van der Waals surface area (Å²) in [4.78, 5) is 2.25. The van der Waals surface area contributed by atoms with Crippen molar-refractivity contribution in [3.05, 3.63) is 28.2 Å². The topological polar surface area (TPSA) is 38.5 Å². The van der Waals surface area contributed by atoms with Gasteiger partial charge in [0.15, 0.2) is 0 Å². The highest BCUT2D eigenvalue weighted by atomic mass is 79.9. The van der Waals surface area contributed by atoms with Crippen LogP contribution in [0.25, 0.3) is 0 Å². The lowest BCUT2D eigenvalue weighted by molar-refractivity contribution is 0.155. The number of hydrogen-bond acceptors (Lipinski definition) is 3. The number of ether oxygens (including phenoxy) is 1. The SMILES string of the molecule is COc1ccc(CN(C)C(C)(C)CN)cc1Br. The van der Waals surface area contributed by atoms with Gasteiger partial charge in [0, 0.05) is 18.6 Å². The van der Waals surface area contributed by atoms with Crippen LogP contribution in [-0.2, 0) is 6.54 Å². The predicted octanol–water partition coefficient (Wildman–Crippen LogP) is 2.63. The van der Waals surface area contributed by atoms with E-state index in [0.717, 1.165) is 16.8 Å². The largest absolute Gasteiger partial charge is 0.496 e. The summed E-state index contributed by atoms with van der Waals surface area (Å²) >= 11 is 3.50. The molecule has 0 bridgehead atoms. The summed E-state index contributed by atoms with van der Waals surface area (Å²) in [7, 11) is 3.76. The average molecular weight is 301 g/mol. The normalized spacial score (nSPS) is 11.9. The van der Waals surface area contributed by atoms with Crippen LogP contribution in [0.4, 0.5) is 0 Å². The zero-order valence-corrected chi connectivity index (χ0v) is 12.5. The molecule has 3 nitrogen and oxygen atoms in total. The fourth-order valence-corrected chi connectivity index (χ4v) is 2.04. The van der Waals surface area contributed by atoms with Crippen molar-refractivity contribution in [1.29, 1.82) is 0 Å². The smallest absolute Gasteiger partial charge is 0.133 e. The quantitative estimate of drug-likeness (QED) is 0.908. The third kappa shape index (κ3) is 3.69. The minimum Gasteiger partial charge on any atom is -0.496 e. The zero-order chi connectivity index (χ0) is 13.1. The first-order valence-electron chi connectivity index (χ1n) is 5.64. The lowest BCUT2D eigenvalue weighted by Gasteiger charge is -2.34. The van der Waals surface area contributed by atoms with E-state index in [4.69, 9.17) is 10.5 Å². The first-order chi connectivity index (χ1) is 7.90. The number of methoxy groups -OCH3 is 1. The van der Waals surface area contributed by atoms with Crippen molar-refractivity contribution < 1.29 is 4.74 Å². The molecule has 2 N–H and O–H groups in total. The Morgan fingerprint density at radius 1 is 1.41 bits per heavy atom. The van der Waals surface area contributed by atoms with Crippen molar-refractivity contribution >= 4 is 15.9 Å². The molecule has 1 aromatic carbocycles. The molecule has 0 amide bonds. The highest BCUT2D eigenvalue weighted by Gasteiger charge is 2.21. The number of halogens is 1. The Hall–Kier alpha value is -0.580. The fourth-order valence-electron chi connectivity index (χ4n) is 1.45. The zero-order valence-electron chi connectivity index (χ0n) is 11.0. The summed E-state index contributed by atoms with van der Waals surface area (Å²) in [6.45, 7) is 5.80. The fraction of sp³-hybridized carbons (Fsp3) is 0.538. The number of likely N-dealkylation sites (N-methyl/N-ethyl adjacent to an activating group) is 1. The first kappa shape index (κ1) is 14.5. The third-order valence-corrected chi connectivity index (χ3v) is 3.79. The summed E-state index contributed by atoms with van der Waals surface area (Å²) in [5.41, 5.74) is 7.01. The monoisotopic (exact) mass is 300 g/mol. The van der Waals surface area contributed by atoms with Crippen LogP contribution in [0.2, 0.25) is 0 Å². The Labute approximate surface area is 112 Å². The molecule has 0 aliphatic heterocycles. The molecule has 0 fully saturated rings. The Balaban J connectivity index is 2.79. The lowest BCUT2D eigenvalue weighted by Crippen LogP contribution is -2.46. The van der Waals surface area contributed by atoms with Crippen LogP contribution in [-0.4, -0.2) is 31.1 Å². The maximum absolute atomic E-state index is 5.77. The van der Waals surface area contributed by atoms with Gasteiger partial charge in [0.1, 0.15) is 5.75 Å². The van der Waals surface area contributed by atoms with E-state index < -0.39 is 0 Å². The number of hydrogen-bond donors (Lipinski definition) is 1. The van der Waals surface area contributed by atoms with Crippen molar-refractivity contribution in [2.75, 3.05) is 20.7 Å². The molecule has 1 rings (SSSR count). The number of nitrogens with two attached hydrogens (primary N) is 1. The van der Waals surface area contributed by atoms with Crippen LogP contribution in [0.5, 0.6) is 5.75 Å². The van der Waals surface area contributed by atoms with E-state index in [1.165, 1.54) is 5.56 Å². The van der Waals surface area contributed by atoms with Crippen molar-refractivity contribution in [3.8, 4) is 5.75 Å². The Morgan fingerprint density at radius 3 is 2.53 bits per heavy atom. The molecule has 0 spiro atoms. The van der Waals surface area contributed by atoms with Crippen molar-refractivity contribution in [2.24, 2.45) is 5.73 Å². The lowest BCUT2D eigenvalue weighted by atomic mass is 10.0. The van der Waals surface area contributed by atoms with Gasteiger partial charge >= 0.3 is 0 Å². The maximum Gasteiger partial charge on any atom is 0.133 e. The highest BCUT2D eigenvalue weighted by Crippen LogP contribution is 2.26. The molecule has 96 valence electrons. The van der Waals surface area contributed by atoms with Crippen molar-refractivity contribution in [2.45, 2.75) is 25.9 Å². The van der Waals surface area contributed by atoms with E-state index in [2.05, 4.69) is 53.9 Å². The van der Waals surface area contributed by atoms with Crippen molar-refractivity contribution in [3.63, 3.8) is 0 Å². The van der Waals surface area contributed by atoms with Crippen molar-refractivity contribution in [1.82, 2.24) is 4.90 Å². The first-order valence-corrected chi connectivity index (χ1v) is 6.43. The van der Waals surface area contributed by atoms with Gasteiger partial charge in [-0.15, -0.1) is 0 Å². The van der Waals surface area contributed by atoms with Gasteiger partial charge in [-0.25, -0.2) is 0 Å². The number of rotatable bonds is 5. The summed E-state index contributed by atoms with van der Waals surface area (Å²) < 4.78 is 6.20. The van der Waals surface area contributed by atoms with Gasteiger partial charge in [-0.05, 0) is 54.5 Å². The summed E-state index contributed by atoms with van der Waals surface area (Å²) in [6.07, 6.45) is 0. The van der Waals surface area contributed by atoms with Gasteiger partial charge < -0.3 is 10.5 Å². The molecule has 0 unspecified atom stereocenters. The molecule has 1 aromatic rings. The molecule has 0 aromatic heterocycles. The number of benzene rings is 1. The van der Waals surface area contributed by atoms with Gasteiger partial charge in [0.25, 0.3) is 0 Å². The predicted molar refractivity (Wildman–Crippen MR) is 75.3 cm³/mol. The van der Waals surface area contributed by atoms with Gasteiger partial charge in [-0.2, -0.15) is 0 Å². The third-order valence-electron chi connectivity index (χ3n) is 3.17. The van der Waals surface area contributed by atoms with Gasteiger partial charge in [0.05, 0.1) is 11.6 Å². The molecule has 17 heavy (non-hydrogen) atoms. The minimum absolute atomic E-state index is 0.00635. The standard InChI is InChI=1S/C13H21BrN2O/c1-13(2,9-15)16(3)8-10-5-6-12(17-4)11(14)7-10/h5-7H,8-9,15H2,1-4H3.